The summed E-state index contributed by atoms with van der Waals surface area (Å²) in [4.78, 5) is 20.5. The topological polar surface area (TPSA) is 80.4 Å². The van der Waals surface area contributed by atoms with E-state index in [-0.39, 0.29) is 22.7 Å². The summed E-state index contributed by atoms with van der Waals surface area (Å²) in [5.74, 6) is -1.07. The molecule has 5 nitrogen and oxygen atoms in total. The molecule has 0 fully saturated rings. The summed E-state index contributed by atoms with van der Waals surface area (Å²) in [7, 11) is 0. The number of nitrogens with zero attached hydrogens (tertiary/aromatic N) is 1. The van der Waals surface area contributed by atoms with Gasteiger partial charge >= 0.3 is 5.97 Å². The van der Waals surface area contributed by atoms with E-state index in [2.05, 4.69) is 0 Å². The molecule has 0 unspecified atom stereocenters. The summed E-state index contributed by atoms with van der Waals surface area (Å²) in [6.07, 6.45) is -0.319. The van der Waals surface area contributed by atoms with Crippen LogP contribution in [0, 0.1) is 17.0 Å². The zero-order valence-corrected chi connectivity index (χ0v) is 8.61. The highest BCUT2D eigenvalue weighted by atomic mass is 35.5. The molecule has 0 saturated heterocycles. The van der Waals surface area contributed by atoms with E-state index < -0.39 is 10.9 Å². The third kappa shape index (κ3) is 2.44. The van der Waals surface area contributed by atoms with Crippen LogP contribution in [0.3, 0.4) is 0 Å². The first kappa shape index (κ1) is 11.5. The third-order valence-electron chi connectivity index (χ3n) is 1.92. The fourth-order valence-corrected chi connectivity index (χ4v) is 1.57. The minimum Gasteiger partial charge on any atom is -0.481 e. The molecule has 1 N–H and O–H groups in total. The predicted molar refractivity (Wildman–Crippen MR) is 54.2 cm³/mol. The highest BCUT2D eigenvalue weighted by Gasteiger charge is 2.20. The molecular weight excluding hydrogens is 222 g/mol. The minimum atomic E-state index is -1.07. The maximum absolute atomic E-state index is 10.7. The van der Waals surface area contributed by atoms with E-state index in [0.717, 1.165) is 0 Å². The average Bonchev–Trinajstić information content (AvgIpc) is 2.09. The zero-order valence-electron chi connectivity index (χ0n) is 7.86. The number of hydrogen-bond acceptors (Lipinski definition) is 3. The van der Waals surface area contributed by atoms with Crippen LogP contribution in [0.4, 0.5) is 5.69 Å². The van der Waals surface area contributed by atoms with Crippen LogP contribution >= 0.6 is 11.6 Å². The number of nitro groups is 1. The van der Waals surface area contributed by atoms with Crippen molar-refractivity contribution in [1.82, 2.24) is 0 Å². The van der Waals surface area contributed by atoms with E-state index in [0.29, 0.717) is 5.56 Å². The summed E-state index contributed by atoms with van der Waals surface area (Å²) in [5.41, 5.74) is 0.441. The van der Waals surface area contributed by atoms with Crippen molar-refractivity contribution in [3.63, 3.8) is 0 Å². The van der Waals surface area contributed by atoms with Crippen molar-refractivity contribution >= 4 is 23.3 Å². The molecule has 1 aromatic carbocycles. The van der Waals surface area contributed by atoms with Gasteiger partial charge in [0.05, 0.1) is 11.3 Å². The van der Waals surface area contributed by atoms with Gasteiger partial charge in [0.2, 0.25) is 0 Å². The van der Waals surface area contributed by atoms with Crippen LogP contribution in [0.25, 0.3) is 0 Å². The van der Waals surface area contributed by atoms with Crippen LogP contribution < -0.4 is 0 Å². The lowest BCUT2D eigenvalue weighted by atomic mass is 10.1. The van der Waals surface area contributed by atoms with Gasteiger partial charge in [0.1, 0.15) is 5.02 Å². The van der Waals surface area contributed by atoms with Gasteiger partial charge in [0.25, 0.3) is 5.69 Å². The van der Waals surface area contributed by atoms with Crippen LogP contribution in [0.2, 0.25) is 5.02 Å². The Morgan fingerprint density at radius 1 is 1.60 bits per heavy atom. The second kappa shape index (κ2) is 4.27. The molecular formula is C9H8ClNO4. The third-order valence-corrected chi connectivity index (χ3v) is 2.34. The van der Waals surface area contributed by atoms with E-state index in [9.17, 15) is 14.9 Å². The highest BCUT2D eigenvalue weighted by Crippen LogP contribution is 2.31. The number of aryl methyl sites for hydroxylation is 1. The summed E-state index contributed by atoms with van der Waals surface area (Å²) in [5, 5.41) is 19.1. The molecule has 0 amide bonds. The lowest BCUT2D eigenvalue weighted by molar-refractivity contribution is -0.385. The lowest BCUT2D eigenvalue weighted by Gasteiger charge is -2.04. The first-order chi connectivity index (χ1) is 6.93. The fourth-order valence-electron chi connectivity index (χ4n) is 1.23. The van der Waals surface area contributed by atoms with E-state index in [1.54, 1.807) is 6.92 Å². The van der Waals surface area contributed by atoms with Crippen molar-refractivity contribution in [3.05, 3.63) is 38.4 Å². The largest absolute Gasteiger partial charge is 0.481 e. The summed E-state index contributed by atoms with van der Waals surface area (Å²) in [6.45, 7) is 1.55. The first-order valence-corrected chi connectivity index (χ1v) is 4.45. The van der Waals surface area contributed by atoms with Gasteiger partial charge in [0.15, 0.2) is 0 Å². The van der Waals surface area contributed by atoms with Gasteiger partial charge in [-0.1, -0.05) is 23.7 Å². The van der Waals surface area contributed by atoms with E-state index in [1.165, 1.54) is 12.1 Å². The maximum Gasteiger partial charge on any atom is 0.307 e. The quantitative estimate of drug-likeness (QED) is 0.636. The Bertz CT molecular complexity index is 430. The van der Waals surface area contributed by atoms with Crippen LogP contribution in [0.15, 0.2) is 12.1 Å². The van der Waals surface area contributed by atoms with Crippen molar-refractivity contribution in [2.45, 2.75) is 13.3 Å². The van der Waals surface area contributed by atoms with Crippen molar-refractivity contribution < 1.29 is 14.8 Å². The van der Waals surface area contributed by atoms with Crippen LogP contribution in [-0.2, 0) is 11.2 Å². The van der Waals surface area contributed by atoms with Gasteiger partial charge in [-0.05, 0) is 12.5 Å². The number of halogens is 1. The van der Waals surface area contributed by atoms with Gasteiger partial charge in [-0.15, -0.1) is 0 Å². The number of carboxylic acids is 1. The van der Waals surface area contributed by atoms with Crippen LogP contribution in [0.5, 0.6) is 0 Å². The SMILES string of the molecule is Cc1ccc(CC(=O)O)c(Cl)c1[N+](=O)[O-]. The molecule has 0 radical (unpaired) electrons. The predicted octanol–water partition coefficient (Wildman–Crippen LogP) is 2.18. The van der Waals surface area contributed by atoms with Gasteiger partial charge in [0, 0.05) is 5.56 Å². The molecule has 0 bridgehead atoms. The molecule has 1 rings (SSSR count). The second-order valence-corrected chi connectivity index (χ2v) is 3.41. The zero-order chi connectivity index (χ0) is 11.6. The van der Waals surface area contributed by atoms with Crippen molar-refractivity contribution in [2.24, 2.45) is 0 Å². The molecule has 0 spiro atoms. The second-order valence-electron chi connectivity index (χ2n) is 3.03. The van der Waals surface area contributed by atoms with E-state index >= 15 is 0 Å². The summed E-state index contributed by atoms with van der Waals surface area (Å²) < 4.78 is 0. The van der Waals surface area contributed by atoms with Crippen molar-refractivity contribution in [3.8, 4) is 0 Å². The van der Waals surface area contributed by atoms with Gasteiger partial charge in [-0.25, -0.2) is 0 Å². The number of hydrogen-bond donors (Lipinski definition) is 1. The smallest absolute Gasteiger partial charge is 0.307 e. The van der Waals surface area contributed by atoms with Crippen molar-refractivity contribution in [1.29, 1.82) is 0 Å². The number of carboxylic acid groups (broad SMARTS) is 1. The highest BCUT2D eigenvalue weighted by molar-refractivity contribution is 6.33. The molecule has 1 aromatic rings. The Hall–Kier alpha value is -1.62. The first-order valence-electron chi connectivity index (χ1n) is 4.07. The number of rotatable bonds is 3. The molecule has 80 valence electrons. The number of carbonyl (C=O) groups is 1. The van der Waals surface area contributed by atoms with Gasteiger partial charge < -0.3 is 5.11 Å². The molecule has 0 heterocycles. The van der Waals surface area contributed by atoms with Crippen LogP contribution in [0.1, 0.15) is 11.1 Å². The Labute approximate surface area is 90.4 Å². The standard InChI is InChI=1S/C9H8ClNO4/c1-5-2-3-6(4-7(12)13)8(10)9(5)11(14)15/h2-3H,4H2,1H3,(H,12,13). The molecule has 0 aliphatic carbocycles. The molecule has 0 aliphatic rings. The monoisotopic (exact) mass is 229 g/mol. The van der Waals surface area contributed by atoms with E-state index in [4.69, 9.17) is 16.7 Å². The number of benzene rings is 1. The Morgan fingerprint density at radius 3 is 2.67 bits per heavy atom. The van der Waals surface area contributed by atoms with E-state index in [1.807, 2.05) is 0 Å². The molecule has 0 atom stereocenters. The van der Waals surface area contributed by atoms with Gasteiger partial charge in [-0.2, -0.15) is 0 Å². The summed E-state index contributed by atoms with van der Waals surface area (Å²) >= 11 is 5.75. The molecule has 0 aromatic heterocycles. The minimum absolute atomic E-state index is 0.0950. The average molecular weight is 230 g/mol. The van der Waals surface area contributed by atoms with Crippen LogP contribution in [-0.4, -0.2) is 16.0 Å². The fraction of sp³-hybridized carbons (Fsp3) is 0.222. The Morgan fingerprint density at radius 2 is 2.20 bits per heavy atom. The lowest BCUT2D eigenvalue weighted by Crippen LogP contribution is -2.03. The number of aliphatic carboxylic acids is 1. The molecule has 0 saturated carbocycles. The normalized spacial score (nSPS) is 10.0. The molecule has 15 heavy (non-hydrogen) atoms. The Kier molecular flexibility index (Phi) is 3.26. The number of nitro benzene ring substituents is 1. The Balaban J connectivity index is 3.28. The summed E-state index contributed by atoms with van der Waals surface area (Å²) in [6, 6.07) is 2.97. The van der Waals surface area contributed by atoms with Gasteiger partial charge in [-0.3, -0.25) is 14.9 Å². The van der Waals surface area contributed by atoms with Crippen molar-refractivity contribution in [2.75, 3.05) is 0 Å². The molecule has 0 aliphatic heterocycles. The maximum atomic E-state index is 10.7. The molecule has 6 heteroatoms.